The van der Waals surface area contributed by atoms with Crippen LogP contribution in [0.3, 0.4) is 0 Å². The summed E-state index contributed by atoms with van der Waals surface area (Å²) in [5, 5.41) is 2.75. The summed E-state index contributed by atoms with van der Waals surface area (Å²) in [6.45, 7) is 1.23. The van der Waals surface area contributed by atoms with E-state index >= 15 is 0 Å². The Labute approximate surface area is 129 Å². The lowest BCUT2D eigenvalue weighted by Crippen LogP contribution is -2.41. The molecule has 0 fully saturated rings. The Morgan fingerprint density at radius 3 is 2.19 bits per heavy atom. The van der Waals surface area contributed by atoms with Crippen LogP contribution >= 0.6 is 12.4 Å². The van der Waals surface area contributed by atoms with Gasteiger partial charge in [0.05, 0.1) is 5.41 Å². The first-order chi connectivity index (χ1) is 9.47. The third-order valence-electron chi connectivity index (χ3n) is 3.56. The van der Waals surface area contributed by atoms with Gasteiger partial charge in [0.2, 0.25) is 5.91 Å². The van der Waals surface area contributed by atoms with Crippen LogP contribution in [0, 0.1) is 5.41 Å². The Kier molecular flexibility index (Phi) is 8.21. The Morgan fingerprint density at radius 1 is 1.29 bits per heavy atom. The minimum absolute atomic E-state index is 0. The highest BCUT2D eigenvalue weighted by Gasteiger charge is 2.33. The molecule has 0 aliphatic heterocycles. The molecular formula is C14H21ClF2N2O2. The van der Waals surface area contributed by atoms with Crippen molar-refractivity contribution < 1.29 is 18.3 Å². The van der Waals surface area contributed by atoms with Crippen LogP contribution in [0.1, 0.15) is 26.7 Å². The van der Waals surface area contributed by atoms with E-state index in [0.717, 1.165) is 0 Å². The minimum atomic E-state index is -2.86. The lowest BCUT2D eigenvalue weighted by Gasteiger charge is -2.28. The first-order valence-electron chi connectivity index (χ1n) is 6.53. The smallest absolute Gasteiger partial charge is 0.387 e. The molecule has 0 atom stereocenters. The van der Waals surface area contributed by atoms with E-state index < -0.39 is 12.0 Å². The van der Waals surface area contributed by atoms with Gasteiger partial charge in [0, 0.05) is 12.2 Å². The summed E-state index contributed by atoms with van der Waals surface area (Å²) < 4.78 is 28.3. The van der Waals surface area contributed by atoms with Crippen LogP contribution in [-0.4, -0.2) is 19.1 Å². The molecule has 0 aromatic heterocycles. The molecule has 120 valence electrons. The molecule has 0 saturated heterocycles. The summed E-state index contributed by atoms with van der Waals surface area (Å²) in [7, 11) is 0. The zero-order valence-electron chi connectivity index (χ0n) is 12.1. The Hall–Kier alpha value is -1.40. The number of hydrogen-bond acceptors (Lipinski definition) is 3. The number of rotatable bonds is 7. The van der Waals surface area contributed by atoms with Crippen molar-refractivity contribution in [1.29, 1.82) is 0 Å². The quantitative estimate of drug-likeness (QED) is 0.808. The fraction of sp³-hybridized carbons (Fsp3) is 0.500. The summed E-state index contributed by atoms with van der Waals surface area (Å²) in [6.07, 6.45) is 1.27. The number of amides is 1. The number of alkyl halides is 2. The molecule has 0 saturated carbocycles. The van der Waals surface area contributed by atoms with Crippen LogP contribution in [0.2, 0.25) is 0 Å². The molecule has 0 heterocycles. The average molecular weight is 323 g/mol. The maximum atomic E-state index is 12.2. The normalized spacial score (nSPS) is 11.0. The van der Waals surface area contributed by atoms with Gasteiger partial charge in [-0.25, -0.2) is 0 Å². The van der Waals surface area contributed by atoms with Gasteiger partial charge in [-0.3, -0.25) is 4.79 Å². The molecule has 3 N–H and O–H groups in total. The van der Waals surface area contributed by atoms with E-state index in [2.05, 4.69) is 10.1 Å². The number of ether oxygens (including phenoxy) is 1. The standard InChI is InChI=1S/C14H20F2N2O2.ClH/c1-3-14(4-2,9-17)12(19)18-10-5-7-11(8-6-10)20-13(15)16;/h5-8,13H,3-4,9,17H2,1-2H3,(H,18,19);1H. The molecule has 21 heavy (non-hydrogen) atoms. The lowest BCUT2D eigenvalue weighted by atomic mass is 9.81. The number of nitrogens with one attached hydrogen (secondary N) is 1. The fourth-order valence-corrected chi connectivity index (χ4v) is 1.94. The van der Waals surface area contributed by atoms with Crippen LogP contribution in [0.5, 0.6) is 5.75 Å². The van der Waals surface area contributed by atoms with E-state index in [1.54, 1.807) is 0 Å². The summed E-state index contributed by atoms with van der Waals surface area (Å²) >= 11 is 0. The molecular weight excluding hydrogens is 302 g/mol. The van der Waals surface area contributed by atoms with Gasteiger partial charge in [-0.1, -0.05) is 13.8 Å². The van der Waals surface area contributed by atoms with Crippen molar-refractivity contribution in [3.05, 3.63) is 24.3 Å². The molecule has 1 aromatic rings. The van der Waals surface area contributed by atoms with Gasteiger partial charge in [-0.2, -0.15) is 8.78 Å². The molecule has 1 rings (SSSR count). The second kappa shape index (κ2) is 8.79. The molecule has 0 bridgehead atoms. The number of carbonyl (C=O) groups is 1. The van der Waals surface area contributed by atoms with Crippen LogP contribution in [0.4, 0.5) is 14.5 Å². The molecule has 7 heteroatoms. The fourth-order valence-electron chi connectivity index (χ4n) is 1.94. The first-order valence-corrected chi connectivity index (χ1v) is 6.53. The van der Waals surface area contributed by atoms with Crippen molar-refractivity contribution in [3.63, 3.8) is 0 Å². The number of nitrogens with two attached hydrogens (primary N) is 1. The van der Waals surface area contributed by atoms with Crippen LogP contribution in [-0.2, 0) is 4.79 Å². The van der Waals surface area contributed by atoms with Crippen LogP contribution in [0.15, 0.2) is 24.3 Å². The van der Waals surface area contributed by atoms with E-state index in [0.29, 0.717) is 18.5 Å². The van der Waals surface area contributed by atoms with Gasteiger partial charge in [-0.15, -0.1) is 12.4 Å². The topological polar surface area (TPSA) is 64.4 Å². The lowest BCUT2D eigenvalue weighted by molar-refractivity contribution is -0.125. The average Bonchev–Trinajstić information content (AvgIpc) is 2.43. The van der Waals surface area contributed by atoms with Gasteiger partial charge in [0.25, 0.3) is 0 Å². The third kappa shape index (κ3) is 5.13. The summed E-state index contributed by atoms with van der Waals surface area (Å²) in [6, 6.07) is 5.79. The van der Waals surface area contributed by atoms with Gasteiger partial charge in [-0.05, 0) is 37.1 Å². The van der Waals surface area contributed by atoms with Crippen molar-refractivity contribution in [2.75, 3.05) is 11.9 Å². The second-order valence-corrected chi connectivity index (χ2v) is 4.55. The second-order valence-electron chi connectivity index (χ2n) is 4.55. The molecule has 0 unspecified atom stereocenters. The third-order valence-corrected chi connectivity index (χ3v) is 3.56. The van der Waals surface area contributed by atoms with Crippen LogP contribution < -0.4 is 15.8 Å². The highest BCUT2D eigenvalue weighted by molar-refractivity contribution is 5.95. The monoisotopic (exact) mass is 322 g/mol. The minimum Gasteiger partial charge on any atom is -0.435 e. The zero-order valence-corrected chi connectivity index (χ0v) is 12.9. The van der Waals surface area contributed by atoms with Crippen molar-refractivity contribution in [2.45, 2.75) is 33.3 Å². The van der Waals surface area contributed by atoms with Crippen molar-refractivity contribution in [3.8, 4) is 5.75 Å². The largest absolute Gasteiger partial charge is 0.435 e. The highest BCUT2D eigenvalue weighted by Crippen LogP contribution is 2.27. The number of halogens is 3. The number of anilines is 1. The van der Waals surface area contributed by atoms with Gasteiger partial charge >= 0.3 is 6.61 Å². The maximum absolute atomic E-state index is 12.2. The maximum Gasteiger partial charge on any atom is 0.387 e. The van der Waals surface area contributed by atoms with Gasteiger partial charge in [0.15, 0.2) is 0 Å². The summed E-state index contributed by atoms with van der Waals surface area (Å²) in [4.78, 5) is 12.2. The van der Waals surface area contributed by atoms with E-state index in [1.165, 1.54) is 24.3 Å². The molecule has 0 spiro atoms. The number of carbonyl (C=O) groups excluding carboxylic acids is 1. The van der Waals surface area contributed by atoms with E-state index in [4.69, 9.17) is 5.73 Å². The molecule has 0 radical (unpaired) electrons. The first kappa shape index (κ1) is 19.6. The predicted molar refractivity (Wildman–Crippen MR) is 81.0 cm³/mol. The Balaban J connectivity index is 0.00000400. The van der Waals surface area contributed by atoms with Gasteiger partial charge in [0.1, 0.15) is 5.75 Å². The Bertz CT molecular complexity index is 429. The molecule has 1 amide bonds. The highest BCUT2D eigenvalue weighted by atomic mass is 35.5. The van der Waals surface area contributed by atoms with Crippen molar-refractivity contribution >= 4 is 24.0 Å². The number of benzene rings is 1. The van der Waals surface area contributed by atoms with E-state index in [9.17, 15) is 13.6 Å². The van der Waals surface area contributed by atoms with E-state index in [1.807, 2.05) is 13.8 Å². The molecule has 0 aliphatic carbocycles. The molecule has 0 aliphatic rings. The SMILES string of the molecule is CCC(CC)(CN)C(=O)Nc1ccc(OC(F)F)cc1.Cl. The van der Waals surface area contributed by atoms with Crippen molar-refractivity contribution in [1.82, 2.24) is 0 Å². The van der Waals surface area contributed by atoms with E-state index in [-0.39, 0.29) is 30.6 Å². The van der Waals surface area contributed by atoms with Gasteiger partial charge < -0.3 is 15.8 Å². The molecule has 4 nitrogen and oxygen atoms in total. The molecule has 1 aromatic carbocycles. The Morgan fingerprint density at radius 2 is 1.81 bits per heavy atom. The predicted octanol–water partition coefficient (Wildman–Crippen LogP) is 3.41. The summed E-state index contributed by atoms with van der Waals surface area (Å²) in [5.74, 6) is -0.110. The zero-order chi connectivity index (χ0) is 15.2. The van der Waals surface area contributed by atoms with Crippen molar-refractivity contribution in [2.24, 2.45) is 11.1 Å². The summed E-state index contributed by atoms with van der Waals surface area (Å²) in [5.41, 5.74) is 5.62. The number of hydrogen-bond donors (Lipinski definition) is 2. The van der Waals surface area contributed by atoms with Crippen LogP contribution in [0.25, 0.3) is 0 Å².